The molecule has 1 saturated heterocycles. The Morgan fingerprint density at radius 2 is 1.50 bits per heavy atom. The second-order valence-electron chi connectivity index (χ2n) is 10.8. The maximum absolute atomic E-state index is 14.3. The Hall–Kier alpha value is -4.46. The molecule has 15 heteroatoms. The van der Waals surface area contributed by atoms with E-state index in [1.165, 1.54) is 14.0 Å². The Bertz CT molecular complexity index is 1450. The molecule has 1 N–H and O–H groups in total. The van der Waals surface area contributed by atoms with Gasteiger partial charge in [-0.3, -0.25) is 0 Å². The number of rotatable bonds is 14. The Labute approximate surface area is 284 Å². The molecule has 0 bridgehead atoms. The van der Waals surface area contributed by atoms with Gasteiger partial charge in [0.25, 0.3) is 0 Å². The average molecular weight is 737 g/mol. The van der Waals surface area contributed by atoms with Gasteiger partial charge >= 0.3 is 285 Å². The quantitative estimate of drug-likeness (QED) is 0.166. The van der Waals surface area contributed by atoms with Crippen LogP contribution in [-0.4, -0.2) is 99.4 Å². The van der Waals surface area contributed by atoms with Crippen LogP contribution in [0.25, 0.3) is 0 Å². The maximum atomic E-state index is 14.3. The third kappa shape index (κ3) is 11.1. The molecular formula is C33H39NO13Se. The van der Waals surface area contributed by atoms with Gasteiger partial charge in [-0.2, -0.15) is 0 Å². The first kappa shape index (κ1) is 38.0. The van der Waals surface area contributed by atoms with Gasteiger partial charge in [-0.25, -0.2) is 0 Å². The van der Waals surface area contributed by atoms with Gasteiger partial charge in [0, 0.05) is 0 Å². The molecule has 48 heavy (non-hydrogen) atoms. The van der Waals surface area contributed by atoms with Crippen LogP contribution in [0.1, 0.15) is 46.6 Å². The summed E-state index contributed by atoms with van der Waals surface area (Å²) in [6.45, 7) is 4.96. The first-order valence-corrected chi connectivity index (χ1v) is 16.6. The van der Waals surface area contributed by atoms with E-state index in [0.29, 0.717) is 15.8 Å². The number of benzene rings is 2. The van der Waals surface area contributed by atoms with Crippen LogP contribution in [-0.2, 0) is 63.8 Å². The monoisotopic (exact) mass is 737 g/mol. The average Bonchev–Trinajstić information content (AvgIpc) is 3.02. The van der Waals surface area contributed by atoms with Gasteiger partial charge in [0.05, 0.1) is 0 Å². The van der Waals surface area contributed by atoms with Gasteiger partial charge in [-0.05, 0) is 0 Å². The number of hydrogen-bond donors (Lipinski definition) is 1. The first-order valence-electron chi connectivity index (χ1n) is 14.9. The zero-order chi connectivity index (χ0) is 35.4. The Morgan fingerprint density at radius 3 is 2.04 bits per heavy atom. The van der Waals surface area contributed by atoms with Crippen molar-refractivity contribution < 1.29 is 61.9 Å². The summed E-state index contributed by atoms with van der Waals surface area (Å²) in [4.78, 5) is 75.8. The van der Waals surface area contributed by atoms with E-state index < -0.39 is 92.3 Å². The summed E-state index contributed by atoms with van der Waals surface area (Å²) in [5.74, 6) is -3.90. The first-order chi connectivity index (χ1) is 22.7. The number of carbonyl (C=O) groups excluding carboxylic acids is 6. The van der Waals surface area contributed by atoms with Gasteiger partial charge in [0.15, 0.2) is 0 Å². The predicted molar refractivity (Wildman–Crippen MR) is 168 cm³/mol. The molecule has 0 aromatic heterocycles. The van der Waals surface area contributed by atoms with E-state index in [9.17, 15) is 28.8 Å². The summed E-state index contributed by atoms with van der Waals surface area (Å²) in [6, 6.07) is 14.5. The fraction of sp³-hybridized carbons (Fsp3) is 0.455. The molecule has 1 aliphatic rings. The minimum absolute atomic E-state index is 0.160. The molecule has 1 fully saturated rings. The summed E-state index contributed by atoms with van der Waals surface area (Å²) in [7, 11) is 1.52. The van der Waals surface area contributed by atoms with E-state index in [4.69, 9.17) is 33.2 Å². The Balaban J connectivity index is 2.19. The number of amides is 1. The summed E-state index contributed by atoms with van der Waals surface area (Å²) in [5.41, 5.74) is 0.639. The topological polar surface area (TPSA) is 179 Å². The summed E-state index contributed by atoms with van der Waals surface area (Å²) in [5, 5.41) is 2.69. The van der Waals surface area contributed by atoms with Crippen LogP contribution in [0.5, 0.6) is 5.75 Å². The summed E-state index contributed by atoms with van der Waals surface area (Å²) in [6.07, 6.45) is -6.05. The fourth-order valence-electron chi connectivity index (χ4n) is 5.01. The van der Waals surface area contributed by atoms with Gasteiger partial charge in [-0.1, -0.05) is 0 Å². The number of hydrogen-bond acceptors (Lipinski definition) is 13. The van der Waals surface area contributed by atoms with Crippen molar-refractivity contribution in [2.45, 2.75) is 82.6 Å². The van der Waals surface area contributed by atoms with E-state index >= 15 is 0 Å². The molecule has 1 aliphatic heterocycles. The van der Waals surface area contributed by atoms with E-state index in [0.717, 1.165) is 27.7 Å². The SMILES string of the molecule is COc1ccc(COC(=O)[C@@]2([Se]c3ccccc3)C[C@H](OC(C)=O)[C@@H](NC(C)=O)[C@H]([C@H](OC(C)=O)[C@@H](COC(C)=O)OC(C)=O)O2)cc1. The van der Waals surface area contributed by atoms with Gasteiger partial charge < -0.3 is 0 Å². The minimum atomic E-state index is -1.85. The van der Waals surface area contributed by atoms with Crippen LogP contribution in [0.3, 0.4) is 0 Å². The number of methoxy groups -OCH3 is 1. The van der Waals surface area contributed by atoms with Crippen molar-refractivity contribution in [1.82, 2.24) is 5.32 Å². The number of nitrogens with one attached hydrogen (secondary N) is 1. The number of esters is 5. The third-order valence-electron chi connectivity index (χ3n) is 6.86. The molecule has 0 aliphatic carbocycles. The molecule has 6 atom stereocenters. The molecule has 2 aromatic carbocycles. The Kier molecular flexibility index (Phi) is 13.9. The van der Waals surface area contributed by atoms with Gasteiger partial charge in [0.1, 0.15) is 0 Å². The molecule has 0 spiro atoms. The van der Waals surface area contributed by atoms with Crippen molar-refractivity contribution in [3.8, 4) is 5.75 Å². The van der Waals surface area contributed by atoms with Crippen molar-refractivity contribution in [3.63, 3.8) is 0 Å². The van der Waals surface area contributed by atoms with Crippen LogP contribution >= 0.6 is 0 Å². The predicted octanol–water partition coefficient (Wildman–Crippen LogP) is 1.12. The van der Waals surface area contributed by atoms with E-state index in [2.05, 4.69) is 5.32 Å². The standard InChI is InChI=1S/C33H39NO13Se/c1-19(35)34-29-27(44-21(3)37)16-33(48-26-10-8-7-9-11-26,32(40)43-17-24-12-14-25(41-6)15-13-24)47-31(29)30(46-23(5)39)28(45-22(4)38)18-42-20(2)36/h7-15,27-31H,16-18H2,1-6H3,(H,34,35)/t27-,28+,29+,30+,31+,33-/m0/s1. The molecule has 0 unspecified atom stereocenters. The number of carbonyl (C=O) groups is 6. The van der Waals surface area contributed by atoms with Crippen LogP contribution < -0.4 is 14.5 Å². The molecule has 3 rings (SSSR count). The van der Waals surface area contributed by atoms with Crippen molar-refractivity contribution in [2.24, 2.45) is 0 Å². The van der Waals surface area contributed by atoms with Crippen LogP contribution in [0.15, 0.2) is 54.6 Å². The molecular weight excluding hydrogens is 697 g/mol. The second kappa shape index (κ2) is 17.6. The van der Waals surface area contributed by atoms with Gasteiger partial charge in [0.2, 0.25) is 0 Å². The Morgan fingerprint density at radius 1 is 0.854 bits per heavy atom. The molecule has 0 saturated carbocycles. The van der Waals surface area contributed by atoms with E-state index in [-0.39, 0.29) is 13.0 Å². The molecule has 2 aromatic rings. The summed E-state index contributed by atoms with van der Waals surface area (Å²) < 4.78 is 38.4. The molecule has 1 heterocycles. The van der Waals surface area contributed by atoms with Crippen LogP contribution in [0.2, 0.25) is 0 Å². The zero-order valence-corrected chi connectivity index (χ0v) is 29.1. The molecule has 14 nitrogen and oxygen atoms in total. The molecule has 260 valence electrons. The van der Waals surface area contributed by atoms with Gasteiger partial charge in [-0.15, -0.1) is 0 Å². The fourth-order valence-corrected chi connectivity index (χ4v) is 7.57. The number of ether oxygens (including phenoxy) is 7. The van der Waals surface area contributed by atoms with Crippen molar-refractivity contribution in [1.29, 1.82) is 0 Å². The normalized spacial score (nSPS) is 21.4. The summed E-state index contributed by atoms with van der Waals surface area (Å²) >= 11 is -0.892. The van der Waals surface area contributed by atoms with Crippen molar-refractivity contribution in [3.05, 3.63) is 60.2 Å². The van der Waals surface area contributed by atoms with Crippen molar-refractivity contribution in [2.75, 3.05) is 13.7 Å². The molecule has 1 amide bonds. The zero-order valence-electron chi connectivity index (χ0n) is 27.4. The van der Waals surface area contributed by atoms with E-state index in [1.54, 1.807) is 54.6 Å². The second-order valence-corrected chi connectivity index (χ2v) is 13.6. The van der Waals surface area contributed by atoms with E-state index in [1.807, 2.05) is 0 Å². The van der Waals surface area contributed by atoms with Crippen LogP contribution in [0, 0.1) is 0 Å². The van der Waals surface area contributed by atoms with Crippen molar-refractivity contribution >= 4 is 55.2 Å². The third-order valence-corrected chi connectivity index (χ3v) is 9.52. The molecule has 0 radical (unpaired) electrons. The van der Waals surface area contributed by atoms with Crippen LogP contribution in [0.4, 0.5) is 0 Å².